The quantitative estimate of drug-likeness (QED) is 0.704. The van der Waals surface area contributed by atoms with Gasteiger partial charge in [0.1, 0.15) is 5.82 Å². The molecule has 0 aliphatic heterocycles. The average molecular weight is 375 g/mol. The molecular weight excluding hydrogens is 353 g/mol. The normalized spacial score (nSPS) is 11.5. The molecule has 0 radical (unpaired) electrons. The Balaban J connectivity index is 1.91. The van der Waals surface area contributed by atoms with Crippen LogP contribution in [-0.2, 0) is 16.0 Å². The molecule has 2 aromatic carbocycles. The maximum absolute atomic E-state index is 13.0. The molecule has 0 aliphatic rings. The molecule has 0 bridgehead atoms. The van der Waals surface area contributed by atoms with Gasteiger partial charge in [0, 0.05) is 13.0 Å². The van der Waals surface area contributed by atoms with Gasteiger partial charge < -0.3 is 19.9 Å². The molecule has 2 aromatic rings. The summed E-state index contributed by atoms with van der Waals surface area (Å²) in [5.41, 5.74) is 1.33. The van der Waals surface area contributed by atoms with Gasteiger partial charge in [0.15, 0.2) is 11.5 Å². The number of aryl methyl sites for hydroxylation is 1. The van der Waals surface area contributed by atoms with E-state index in [0.29, 0.717) is 23.5 Å². The number of carbonyl (C=O) groups excluding carboxylic acids is 1. The van der Waals surface area contributed by atoms with Crippen molar-refractivity contribution in [1.82, 2.24) is 5.32 Å². The van der Waals surface area contributed by atoms with Crippen LogP contribution < -0.4 is 14.8 Å². The van der Waals surface area contributed by atoms with Crippen LogP contribution >= 0.6 is 0 Å². The number of benzene rings is 2. The lowest BCUT2D eigenvalue weighted by Gasteiger charge is -2.14. The number of ether oxygens (including phenoxy) is 2. The van der Waals surface area contributed by atoms with Crippen LogP contribution in [0.4, 0.5) is 4.39 Å². The van der Waals surface area contributed by atoms with Gasteiger partial charge in [-0.2, -0.15) is 0 Å². The van der Waals surface area contributed by atoms with Crippen molar-refractivity contribution in [2.75, 3.05) is 20.8 Å². The highest BCUT2D eigenvalue weighted by molar-refractivity contribution is 5.80. The van der Waals surface area contributed by atoms with E-state index in [4.69, 9.17) is 9.47 Å². The van der Waals surface area contributed by atoms with Gasteiger partial charge in [-0.05, 0) is 41.8 Å². The summed E-state index contributed by atoms with van der Waals surface area (Å²) in [6.07, 6.45) is 0.672. The van der Waals surface area contributed by atoms with Crippen LogP contribution in [0.3, 0.4) is 0 Å². The summed E-state index contributed by atoms with van der Waals surface area (Å²) in [5, 5.41) is 12.0. The minimum absolute atomic E-state index is 0.0638. The van der Waals surface area contributed by atoms with Crippen molar-refractivity contribution in [1.29, 1.82) is 0 Å². The number of carboxylic acids is 1. The molecule has 2 rings (SSSR count). The van der Waals surface area contributed by atoms with Crippen LogP contribution in [0.1, 0.15) is 23.5 Å². The molecule has 7 heteroatoms. The Morgan fingerprint density at radius 1 is 1.07 bits per heavy atom. The number of carboxylic acid groups (broad SMARTS) is 1. The first-order valence-corrected chi connectivity index (χ1v) is 8.40. The molecule has 0 fully saturated rings. The third-order valence-electron chi connectivity index (χ3n) is 4.16. The third kappa shape index (κ3) is 5.70. The average Bonchev–Trinajstić information content (AvgIpc) is 2.67. The molecule has 0 aliphatic carbocycles. The highest BCUT2D eigenvalue weighted by atomic mass is 19.1. The van der Waals surface area contributed by atoms with Crippen molar-refractivity contribution in [3.8, 4) is 11.5 Å². The number of amides is 1. The zero-order valence-corrected chi connectivity index (χ0v) is 15.2. The first kappa shape index (κ1) is 20.2. The second kappa shape index (κ2) is 9.56. The predicted octanol–water partition coefficient (Wildman–Crippen LogP) is 2.76. The first-order chi connectivity index (χ1) is 12.9. The third-order valence-corrected chi connectivity index (χ3v) is 4.16. The van der Waals surface area contributed by atoms with Crippen LogP contribution in [0.2, 0.25) is 0 Å². The number of nitrogens with one attached hydrogen (secondary N) is 1. The molecule has 0 heterocycles. The number of rotatable bonds is 9. The maximum Gasteiger partial charge on any atom is 0.312 e. The summed E-state index contributed by atoms with van der Waals surface area (Å²) >= 11 is 0. The fraction of sp³-hybridized carbons (Fsp3) is 0.300. The van der Waals surface area contributed by atoms with Crippen LogP contribution in [-0.4, -0.2) is 37.7 Å². The van der Waals surface area contributed by atoms with E-state index in [1.807, 2.05) is 6.07 Å². The van der Waals surface area contributed by atoms with Crippen LogP contribution in [0.25, 0.3) is 0 Å². The van der Waals surface area contributed by atoms with Crippen molar-refractivity contribution in [2.24, 2.45) is 0 Å². The minimum atomic E-state index is -1.08. The number of aliphatic carboxylic acids is 1. The Bertz CT molecular complexity index is 791. The van der Waals surface area contributed by atoms with Crippen molar-refractivity contribution in [2.45, 2.75) is 18.8 Å². The minimum Gasteiger partial charge on any atom is -0.493 e. The molecule has 27 heavy (non-hydrogen) atoms. The Kier molecular flexibility index (Phi) is 7.16. The molecule has 0 aromatic heterocycles. The van der Waals surface area contributed by atoms with Gasteiger partial charge in [-0.3, -0.25) is 9.59 Å². The van der Waals surface area contributed by atoms with Crippen LogP contribution in [0.5, 0.6) is 11.5 Å². The fourth-order valence-electron chi connectivity index (χ4n) is 2.64. The summed E-state index contributed by atoms with van der Waals surface area (Å²) in [6, 6.07) is 10.6. The smallest absolute Gasteiger partial charge is 0.312 e. The summed E-state index contributed by atoms with van der Waals surface area (Å²) in [6.45, 7) is -0.0638. The van der Waals surface area contributed by atoms with E-state index in [9.17, 15) is 19.1 Å². The summed E-state index contributed by atoms with van der Waals surface area (Å²) < 4.78 is 23.4. The van der Waals surface area contributed by atoms with Gasteiger partial charge in [-0.25, -0.2) is 4.39 Å². The lowest BCUT2D eigenvalue weighted by Crippen LogP contribution is -2.31. The van der Waals surface area contributed by atoms with E-state index in [-0.39, 0.29) is 18.9 Å². The van der Waals surface area contributed by atoms with E-state index in [1.54, 1.807) is 19.2 Å². The maximum atomic E-state index is 13.0. The molecule has 1 amide bonds. The van der Waals surface area contributed by atoms with Crippen molar-refractivity contribution in [3.05, 3.63) is 59.4 Å². The molecule has 0 saturated heterocycles. The SMILES string of the molecule is COc1ccc(CCC(=O)NCC(C(=O)O)c2ccc(F)cc2)cc1OC. The Labute approximate surface area is 156 Å². The van der Waals surface area contributed by atoms with E-state index < -0.39 is 17.7 Å². The topological polar surface area (TPSA) is 84.9 Å². The summed E-state index contributed by atoms with van der Waals surface area (Å²) in [4.78, 5) is 23.5. The molecule has 0 saturated carbocycles. The number of hydrogen-bond donors (Lipinski definition) is 2. The Morgan fingerprint density at radius 2 is 1.74 bits per heavy atom. The molecule has 1 unspecified atom stereocenters. The van der Waals surface area contributed by atoms with Gasteiger partial charge in [-0.15, -0.1) is 0 Å². The van der Waals surface area contributed by atoms with Crippen molar-refractivity contribution >= 4 is 11.9 Å². The lowest BCUT2D eigenvalue weighted by atomic mass is 9.99. The van der Waals surface area contributed by atoms with Gasteiger partial charge in [0.2, 0.25) is 5.91 Å². The monoisotopic (exact) mass is 375 g/mol. The van der Waals surface area contributed by atoms with Crippen molar-refractivity contribution in [3.63, 3.8) is 0 Å². The second-order valence-corrected chi connectivity index (χ2v) is 5.94. The predicted molar refractivity (Wildman–Crippen MR) is 97.7 cm³/mol. The summed E-state index contributed by atoms with van der Waals surface area (Å²) in [7, 11) is 3.08. The van der Waals surface area contributed by atoms with Gasteiger partial charge in [0.25, 0.3) is 0 Å². The van der Waals surface area contributed by atoms with E-state index in [2.05, 4.69) is 5.32 Å². The van der Waals surface area contributed by atoms with E-state index in [0.717, 1.165) is 5.56 Å². The zero-order chi connectivity index (χ0) is 19.8. The fourth-order valence-corrected chi connectivity index (χ4v) is 2.64. The van der Waals surface area contributed by atoms with Gasteiger partial charge >= 0.3 is 5.97 Å². The summed E-state index contributed by atoms with van der Waals surface area (Å²) in [5.74, 6) is -1.54. The molecule has 0 spiro atoms. The molecule has 144 valence electrons. The number of methoxy groups -OCH3 is 2. The first-order valence-electron chi connectivity index (χ1n) is 8.40. The Morgan fingerprint density at radius 3 is 2.33 bits per heavy atom. The molecule has 2 N–H and O–H groups in total. The van der Waals surface area contributed by atoms with E-state index >= 15 is 0 Å². The lowest BCUT2D eigenvalue weighted by molar-refractivity contribution is -0.138. The molecule has 6 nitrogen and oxygen atoms in total. The van der Waals surface area contributed by atoms with E-state index in [1.165, 1.54) is 31.4 Å². The second-order valence-electron chi connectivity index (χ2n) is 5.94. The standard InChI is InChI=1S/C20H22FNO5/c1-26-17-9-3-13(11-18(17)27-2)4-10-19(23)22-12-16(20(24)25)14-5-7-15(21)8-6-14/h3,5-9,11,16H,4,10,12H2,1-2H3,(H,22,23)(H,24,25). The number of hydrogen-bond acceptors (Lipinski definition) is 4. The van der Waals surface area contributed by atoms with Crippen molar-refractivity contribution < 1.29 is 28.6 Å². The van der Waals surface area contributed by atoms with Gasteiger partial charge in [-0.1, -0.05) is 18.2 Å². The van der Waals surface area contributed by atoms with Gasteiger partial charge in [0.05, 0.1) is 20.1 Å². The number of halogens is 1. The zero-order valence-electron chi connectivity index (χ0n) is 15.2. The highest BCUT2D eigenvalue weighted by Gasteiger charge is 2.20. The number of carbonyl (C=O) groups is 2. The molecule has 1 atom stereocenters. The highest BCUT2D eigenvalue weighted by Crippen LogP contribution is 2.28. The molecular formula is C20H22FNO5. The largest absolute Gasteiger partial charge is 0.493 e. The van der Waals surface area contributed by atoms with Crippen LogP contribution in [0, 0.1) is 5.82 Å². The van der Waals surface area contributed by atoms with Crippen LogP contribution in [0.15, 0.2) is 42.5 Å². The Hall–Kier alpha value is -3.09.